The number of likely N-dealkylation sites (tertiary alicyclic amines) is 2. The molecule has 3 amide bonds. The molecule has 2 aliphatic heterocycles. The first-order valence-corrected chi connectivity index (χ1v) is 14.8. The number of piperidine rings is 2. The Hall–Kier alpha value is -2.89. The van der Waals surface area contributed by atoms with Crippen LogP contribution in [0.25, 0.3) is 0 Å². The quantitative estimate of drug-likeness (QED) is 0.446. The lowest BCUT2D eigenvalue weighted by Crippen LogP contribution is -2.57. The molecule has 2 fully saturated rings. The van der Waals surface area contributed by atoms with Crippen molar-refractivity contribution in [2.24, 2.45) is 11.8 Å². The second-order valence-corrected chi connectivity index (χ2v) is 12.4. The molecule has 4 rings (SSSR count). The highest BCUT2D eigenvalue weighted by Crippen LogP contribution is 2.26. The fourth-order valence-electron chi connectivity index (χ4n) is 5.77. The van der Waals surface area contributed by atoms with Crippen LogP contribution in [0.3, 0.4) is 0 Å². The fourth-order valence-corrected chi connectivity index (χ4v) is 6.63. The third-order valence-electron chi connectivity index (χ3n) is 7.88. The van der Waals surface area contributed by atoms with E-state index in [0.29, 0.717) is 34.7 Å². The van der Waals surface area contributed by atoms with E-state index in [4.69, 9.17) is 0 Å². The SMILES string of the molecule is CC(=O)c1sc(NC(=O)N[C@H]2CN(CC(=O)N(C)C)CC[C@H]2CN2CCC[C@@H](Cc3ccc(F)cc3)C2)nc1C. The maximum atomic E-state index is 13.3. The summed E-state index contributed by atoms with van der Waals surface area (Å²) in [6.45, 7) is 7.80. The third kappa shape index (κ3) is 8.31. The molecule has 218 valence electrons. The third-order valence-corrected chi connectivity index (χ3v) is 9.06. The molecule has 2 aliphatic rings. The van der Waals surface area contributed by atoms with Crippen LogP contribution in [0.2, 0.25) is 0 Å². The smallest absolute Gasteiger partial charge is 0.321 e. The van der Waals surface area contributed by atoms with Crippen LogP contribution in [0.5, 0.6) is 0 Å². The lowest BCUT2D eigenvalue weighted by atomic mass is 9.87. The molecule has 2 aromatic rings. The van der Waals surface area contributed by atoms with E-state index in [1.165, 1.54) is 30.4 Å². The van der Waals surface area contributed by atoms with E-state index >= 15 is 0 Å². The number of carbonyl (C=O) groups excluding carboxylic acids is 3. The largest absolute Gasteiger partial charge is 0.348 e. The highest BCUT2D eigenvalue weighted by atomic mass is 32.1. The summed E-state index contributed by atoms with van der Waals surface area (Å²) in [5, 5.41) is 6.36. The molecule has 0 radical (unpaired) electrons. The van der Waals surface area contributed by atoms with Gasteiger partial charge >= 0.3 is 6.03 Å². The number of likely N-dealkylation sites (N-methyl/N-ethyl adjacent to an activating group) is 1. The molecule has 40 heavy (non-hydrogen) atoms. The van der Waals surface area contributed by atoms with E-state index in [1.54, 1.807) is 25.9 Å². The van der Waals surface area contributed by atoms with Gasteiger partial charge in [-0.3, -0.25) is 19.8 Å². The molecule has 0 aliphatic carbocycles. The number of benzene rings is 1. The normalized spacial score (nSPS) is 22.1. The molecule has 2 N–H and O–H groups in total. The summed E-state index contributed by atoms with van der Waals surface area (Å²) in [6, 6.07) is 6.31. The number of aryl methyl sites for hydroxylation is 1. The van der Waals surface area contributed by atoms with Crippen molar-refractivity contribution < 1.29 is 18.8 Å². The molecule has 1 aromatic heterocycles. The number of nitrogens with zero attached hydrogens (tertiary/aromatic N) is 4. The lowest BCUT2D eigenvalue weighted by molar-refractivity contribution is -0.130. The molecular weight excluding hydrogens is 531 g/mol. The first kappa shape index (κ1) is 30.1. The van der Waals surface area contributed by atoms with Crippen LogP contribution in [0.1, 0.15) is 47.1 Å². The highest BCUT2D eigenvalue weighted by molar-refractivity contribution is 7.17. The average molecular weight is 573 g/mol. The van der Waals surface area contributed by atoms with Crippen LogP contribution >= 0.6 is 11.3 Å². The van der Waals surface area contributed by atoms with Gasteiger partial charge in [0.25, 0.3) is 0 Å². The maximum Gasteiger partial charge on any atom is 0.321 e. The number of carbonyl (C=O) groups is 3. The Morgan fingerprint density at radius 1 is 1.10 bits per heavy atom. The van der Waals surface area contributed by atoms with Gasteiger partial charge in [-0.15, -0.1) is 0 Å². The van der Waals surface area contributed by atoms with E-state index in [9.17, 15) is 18.8 Å². The number of rotatable bonds is 9. The van der Waals surface area contributed by atoms with Gasteiger partial charge in [-0.05, 0) is 75.2 Å². The van der Waals surface area contributed by atoms with Crippen molar-refractivity contribution in [1.82, 2.24) is 25.0 Å². The minimum absolute atomic E-state index is 0.0383. The zero-order chi connectivity index (χ0) is 28.8. The van der Waals surface area contributed by atoms with Gasteiger partial charge in [0.2, 0.25) is 5.91 Å². The number of urea groups is 1. The molecule has 11 heteroatoms. The molecular formula is C29H41FN6O3S. The zero-order valence-electron chi connectivity index (χ0n) is 23.9. The van der Waals surface area contributed by atoms with Crippen molar-refractivity contribution in [2.45, 2.75) is 45.6 Å². The molecule has 0 bridgehead atoms. The summed E-state index contributed by atoms with van der Waals surface area (Å²) < 4.78 is 13.3. The molecule has 0 spiro atoms. The Balaban J connectivity index is 1.40. The zero-order valence-corrected chi connectivity index (χ0v) is 24.7. The van der Waals surface area contributed by atoms with Gasteiger partial charge in [-0.2, -0.15) is 0 Å². The summed E-state index contributed by atoms with van der Waals surface area (Å²) in [5.74, 6) is 0.495. The lowest BCUT2D eigenvalue weighted by Gasteiger charge is -2.42. The van der Waals surface area contributed by atoms with Crippen molar-refractivity contribution in [3.63, 3.8) is 0 Å². The fraction of sp³-hybridized carbons (Fsp3) is 0.586. The minimum atomic E-state index is -0.354. The first-order valence-electron chi connectivity index (χ1n) is 14.0. The number of hydrogen-bond acceptors (Lipinski definition) is 7. The number of amides is 3. The summed E-state index contributed by atoms with van der Waals surface area (Å²) >= 11 is 1.18. The summed E-state index contributed by atoms with van der Waals surface area (Å²) in [4.78, 5) is 48.3. The maximum absolute atomic E-state index is 13.3. The van der Waals surface area contributed by atoms with Gasteiger partial charge in [0.15, 0.2) is 10.9 Å². The molecule has 1 aromatic carbocycles. The van der Waals surface area contributed by atoms with Crippen LogP contribution in [-0.4, -0.2) is 96.8 Å². The van der Waals surface area contributed by atoms with Crippen LogP contribution in [0.4, 0.5) is 14.3 Å². The van der Waals surface area contributed by atoms with Gasteiger partial charge in [-0.1, -0.05) is 23.5 Å². The second-order valence-electron chi connectivity index (χ2n) is 11.4. The number of ketones is 1. The van der Waals surface area contributed by atoms with Crippen LogP contribution in [0.15, 0.2) is 24.3 Å². The summed E-state index contributed by atoms with van der Waals surface area (Å²) in [5.41, 5.74) is 1.77. The number of aromatic nitrogens is 1. The van der Waals surface area contributed by atoms with Crippen molar-refractivity contribution in [2.75, 3.05) is 58.7 Å². The molecule has 9 nitrogen and oxygen atoms in total. The number of Topliss-reactive ketones (excluding diaryl/α,β-unsaturated/α-hetero) is 1. The van der Waals surface area contributed by atoms with Gasteiger partial charge in [0.1, 0.15) is 5.82 Å². The molecule has 3 atom stereocenters. The summed E-state index contributed by atoms with van der Waals surface area (Å²) in [6.07, 6.45) is 4.07. The van der Waals surface area contributed by atoms with Crippen molar-refractivity contribution in [3.05, 3.63) is 46.2 Å². The minimum Gasteiger partial charge on any atom is -0.348 e. The van der Waals surface area contributed by atoms with Crippen molar-refractivity contribution in [1.29, 1.82) is 0 Å². The van der Waals surface area contributed by atoms with Gasteiger partial charge < -0.3 is 15.1 Å². The Morgan fingerprint density at radius 2 is 1.85 bits per heavy atom. The molecule has 2 saturated heterocycles. The second kappa shape index (κ2) is 13.6. The highest BCUT2D eigenvalue weighted by Gasteiger charge is 2.34. The first-order chi connectivity index (χ1) is 19.1. The van der Waals surface area contributed by atoms with Crippen molar-refractivity contribution in [3.8, 4) is 0 Å². The average Bonchev–Trinajstić information content (AvgIpc) is 3.27. The van der Waals surface area contributed by atoms with Gasteiger partial charge in [0.05, 0.1) is 17.1 Å². The van der Waals surface area contributed by atoms with E-state index in [0.717, 1.165) is 57.4 Å². The molecule has 0 unspecified atom stereocenters. The van der Waals surface area contributed by atoms with E-state index in [-0.39, 0.29) is 35.5 Å². The van der Waals surface area contributed by atoms with Gasteiger partial charge in [0, 0.05) is 46.7 Å². The summed E-state index contributed by atoms with van der Waals surface area (Å²) in [7, 11) is 3.50. The molecule has 3 heterocycles. The molecule has 0 saturated carbocycles. The Morgan fingerprint density at radius 3 is 2.52 bits per heavy atom. The monoisotopic (exact) mass is 572 g/mol. The van der Waals surface area contributed by atoms with Crippen molar-refractivity contribution >= 4 is 34.2 Å². The van der Waals surface area contributed by atoms with Crippen LogP contribution in [-0.2, 0) is 11.2 Å². The van der Waals surface area contributed by atoms with Gasteiger partial charge in [-0.25, -0.2) is 14.2 Å². The van der Waals surface area contributed by atoms with Crippen LogP contribution < -0.4 is 10.6 Å². The predicted octanol–water partition coefficient (Wildman–Crippen LogP) is 3.65. The topological polar surface area (TPSA) is 97.9 Å². The number of nitrogens with one attached hydrogen (secondary N) is 2. The Labute approximate surface area is 240 Å². The number of anilines is 1. The number of thiazole rings is 1. The van der Waals surface area contributed by atoms with Crippen LogP contribution in [0, 0.1) is 24.6 Å². The predicted molar refractivity (Wildman–Crippen MR) is 155 cm³/mol. The number of hydrogen-bond donors (Lipinski definition) is 2. The Kier molecular flexibility index (Phi) is 10.3. The standard InChI is InChI=1S/C29H41FN6O3S/c1-19-27(20(2)37)40-29(31-19)33-28(39)32-25-17-36(18-26(38)34(3)4)13-11-23(25)16-35-12-5-6-22(15-35)14-21-7-9-24(30)10-8-21/h7-10,22-23,25H,5-6,11-18H2,1-4H3,(H2,31,32,33,39)/t22-,23-,25-/m0/s1. The van der Waals surface area contributed by atoms with E-state index < -0.39 is 0 Å². The Bertz CT molecular complexity index is 1190. The van der Waals surface area contributed by atoms with E-state index in [2.05, 4.69) is 25.4 Å². The van der Waals surface area contributed by atoms with E-state index in [1.807, 2.05) is 12.1 Å². The number of halogens is 1.